The van der Waals surface area contributed by atoms with Gasteiger partial charge in [-0.2, -0.15) is 0 Å². The van der Waals surface area contributed by atoms with Crippen molar-refractivity contribution in [2.24, 2.45) is 0 Å². The van der Waals surface area contributed by atoms with E-state index < -0.39 is 0 Å². The predicted molar refractivity (Wildman–Crippen MR) is 49.1 cm³/mol. The van der Waals surface area contributed by atoms with Gasteiger partial charge in [0, 0.05) is 16.0 Å². The molecule has 1 aromatic rings. The Morgan fingerprint density at radius 1 is 1.50 bits per heavy atom. The molecule has 0 fully saturated rings. The standard InChI is InChI=1S/C9H8O2S/c1-6(11)7-2-3-9(12)8(4-7)5-10/h2-5,12H,1H3. The number of carbonyl (C=O) groups is 2. The van der Waals surface area contributed by atoms with Gasteiger partial charge < -0.3 is 0 Å². The topological polar surface area (TPSA) is 34.1 Å². The van der Waals surface area contributed by atoms with E-state index in [1.165, 1.54) is 13.0 Å². The summed E-state index contributed by atoms with van der Waals surface area (Å²) in [5.41, 5.74) is 0.987. The molecule has 12 heavy (non-hydrogen) atoms. The van der Waals surface area contributed by atoms with Crippen LogP contribution in [0.5, 0.6) is 0 Å². The van der Waals surface area contributed by atoms with Gasteiger partial charge in [0.1, 0.15) is 0 Å². The van der Waals surface area contributed by atoms with Crippen LogP contribution >= 0.6 is 12.6 Å². The van der Waals surface area contributed by atoms with E-state index >= 15 is 0 Å². The molecule has 0 spiro atoms. The number of Topliss-reactive ketones (excluding diaryl/α,β-unsaturated/α-hetero) is 1. The molecule has 0 heterocycles. The molecule has 2 nitrogen and oxygen atoms in total. The van der Waals surface area contributed by atoms with Gasteiger partial charge in [-0.25, -0.2) is 0 Å². The van der Waals surface area contributed by atoms with Gasteiger partial charge in [-0.05, 0) is 19.1 Å². The fraction of sp³-hybridized carbons (Fsp3) is 0.111. The third kappa shape index (κ3) is 1.74. The summed E-state index contributed by atoms with van der Waals surface area (Å²) < 4.78 is 0. The average molecular weight is 180 g/mol. The number of thiol groups is 1. The van der Waals surface area contributed by atoms with Crippen LogP contribution in [0.4, 0.5) is 0 Å². The van der Waals surface area contributed by atoms with Crippen molar-refractivity contribution in [3.63, 3.8) is 0 Å². The quantitative estimate of drug-likeness (QED) is 0.429. The zero-order valence-electron chi connectivity index (χ0n) is 6.57. The lowest BCUT2D eigenvalue weighted by Crippen LogP contribution is -1.94. The summed E-state index contributed by atoms with van der Waals surface area (Å²) in [4.78, 5) is 21.9. The predicted octanol–water partition coefficient (Wildman–Crippen LogP) is 1.99. The molecule has 0 amide bonds. The SMILES string of the molecule is CC(=O)c1ccc(S)c(C=O)c1. The molecular formula is C9H8O2S. The molecule has 0 radical (unpaired) electrons. The van der Waals surface area contributed by atoms with Crippen molar-refractivity contribution in [3.8, 4) is 0 Å². The first-order valence-electron chi connectivity index (χ1n) is 3.44. The van der Waals surface area contributed by atoms with E-state index in [2.05, 4.69) is 12.6 Å². The summed E-state index contributed by atoms with van der Waals surface area (Å²) in [5.74, 6) is -0.0496. The minimum Gasteiger partial charge on any atom is -0.298 e. The molecular weight excluding hydrogens is 172 g/mol. The van der Waals surface area contributed by atoms with Gasteiger partial charge in [0.2, 0.25) is 0 Å². The van der Waals surface area contributed by atoms with E-state index in [1.54, 1.807) is 12.1 Å². The highest BCUT2D eigenvalue weighted by Gasteiger charge is 2.02. The number of ketones is 1. The molecule has 0 N–H and O–H groups in total. The van der Waals surface area contributed by atoms with Crippen molar-refractivity contribution in [1.82, 2.24) is 0 Å². The van der Waals surface area contributed by atoms with Crippen LogP contribution in [-0.2, 0) is 0 Å². The zero-order chi connectivity index (χ0) is 9.14. The fourth-order valence-corrected chi connectivity index (χ4v) is 1.06. The van der Waals surface area contributed by atoms with Crippen molar-refractivity contribution in [3.05, 3.63) is 29.3 Å². The van der Waals surface area contributed by atoms with Crippen LogP contribution in [0.3, 0.4) is 0 Å². The molecule has 3 heteroatoms. The van der Waals surface area contributed by atoms with Crippen LogP contribution in [0.25, 0.3) is 0 Å². The Labute approximate surface area is 76.0 Å². The lowest BCUT2D eigenvalue weighted by Gasteiger charge is -1.99. The first kappa shape index (κ1) is 9.00. The number of hydrogen-bond donors (Lipinski definition) is 1. The Morgan fingerprint density at radius 2 is 2.17 bits per heavy atom. The highest BCUT2D eigenvalue weighted by atomic mass is 32.1. The van der Waals surface area contributed by atoms with Gasteiger partial charge in [0.25, 0.3) is 0 Å². The average Bonchev–Trinajstić information content (AvgIpc) is 2.05. The molecule has 62 valence electrons. The van der Waals surface area contributed by atoms with Crippen LogP contribution < -0.4 is 0 Å². The van der Waals surface area contributed by atoms with Crippen LogP contribution in [-0.4, -0.2) is 12.1 Å². The molecule has 0 saturated carbocycles. The molecule has 1 rings (SSSR count). The van der Waals surface area contributed by atoms with E-state index in [4.69, 9.17) is 0 Å². The van der Waals surface area contributed by atoms with Gasteiger partial charge in [-0.15, -0.1) is 12.6 Å². The third-order valence-corrected chi connectivity index (χ3v) is 1.97. The lowest BCUT2D eigenvalue weighted by molar-refractivity contribution is 0.101. The van der Waals surface area contributed by atoms with Crippen molar-refractivity contribution in [2.45, 2.75) is 11.8 Å². The Kier molecular flexibility index (Phi) is 2.65. The molecule has 0 aliphatic rings. The number of carbonyl (C=O) groups excluding carboxylic acids is 2. The summed E-state index contributed by atoms with van der Waals surface area (Å²) >= 11 is 4.05. The van der Waals surface area contributed by atoms with E-state index in [0.717, 1.165) is 0 Å². The number of hydrogen-bond acceptors (Lipinski definition) is 3. The minimum absolute atomic E-state index is 0.0496. The Morgan fingerprint density at radius 3 is 2.67 bits per heavy atom. The largest absolute Gasteiger partial charge is 0.298 e. The van der Waals surface area contributed by atoms with E-state index in [0.29, 0.717) is 22.3 Å². The molecule has 0 aliphatic carbocycles. The second-order valence-corrected chi connectivity index (χ2v) is 2.93. The first-order chi connectivity index (χ1) is 5.65. The van der Waals surface area contributed by atoms with Crippen LogP contribution in [0, 0.1) is 0 Å². The Balaban J connectivity index is 3.22. The van der Waals surface area contributed by atoms with Crippen molar-refractivity contribution in [1.29, 1.82) is 0 Å². The van der Waals surface area contributed by atoms with Gasteiger partial charge in [0.05, 0.1) is 0 Å². The zero-order valence-corrected chi connectivity index (χ0v) is 7.47. The van der Waals surface area contributed by atoms with E-state index in [-0.39, 0.29) is 5.78 Å². The van der Waals surface area contributed by atoms with E-state index in [9.17, 15) is 9.59 Å². The molecule has 0 bridgehead atoms. The van der Waals surface area contributed by atoms with Crippen LogP contribution in [0.15, 0.2) is 23.1 Å². The Bertz CT molecular complexity index is 331. The van der Waals surface area contributed by atoms with Crippen molar-refractivity contribution in [2.75, 3.05) is 0 Å². The van der Waals surface area contributed by atoms with Crippen LogP contribution in [0.1, 0.15) is 27.6 Å². The van der Waals surface area contributed by atoms with Gasteiger partial charge in [-0.3, -0.25) is 9.59 Å². The molecule has 0 aliphatic heterocycles. The molecule has 0 saturated heterocycles. The number of rotatable bonds is 2. The summed E-state index contributed by atoms with van der Waals surface area (Å²) in [5, 5.41) is 0. The van der Waals surface area contributed by atoms with Crippen molar-refractivity contribution >= 4 is 24.7 Å². The molecule has 0 unspecified atom stereocenters. The normalized spacial score (nSPS) is 9.50. The summed E-state index contributed by atoms with van der Waals surface area (Å²) in [6.45, 7) is 1.46. The van der Waals surface area contributed by atoms with Crippen molar-refractivity contribution < 1.29 is 9.59 Å². The highest BCUT2D eigenvalue weighted by molar-refractivity contribution is 7.80. The van der Waals surface area contributed by atoms with Gasteiger partial charge in [-0.1, -0.05) is 6.07 Å². The first-order valence-corrected chi connectivity index (χ1v) is 3.89. The second kappa shape index (κ2) is 3.54. The Hall–Kier alpha value is -1.09. The summed E-state index contributed by atoms with van der Waals surface area (Å²) in [7, 11) is 0. The number of aldehydes is 1. The highest BCUT2D eigenvalue weighted by Crippen LogP contribution is 2.13. The second-order valence-electron chi connectivity index (χ2n) is 2.45. The van der Waals surface area contributed by atoms with Gasteiger partial charge in [0.15, 0.2) is 12.1 Å². The van der Waals surface area contributed by atoms with Crippen LogP contribution in [0.2, 0.25) is 0 Å². The van der Waals surface area contributed by atoms with Gasteiger partial charge >= 0.3 is 0 Å². The lowest BCUT2D eigenvalue weighted by atomic mass is 10.1. The maximum absolute atomic E-state index is 10.9. The fourth-order valence-electron chi connectivity index (χ4n) is 0.868. The number of benzene rings is 1. The summed E-state index contributed by atoms with van der Waals surface area (Å²) in [6.07, 6.45) is 0.689. The summed E-state index contributed by atoms with van der Waals surface area (Å²) in [6, 6.07) is 4.83. The molecule has 0 atom stereocenters. The minimum atomic E-state index is -0.0496. The molecule has 1 aromatic carbocycles. The third-order valence-electron chi connectivity index (χ3n) is 1.56. The maximum Gasteiger partial charge on any atom is 0.159 e. The molecule has 0 aromatic heterocycles. The maximum atomic E-state index is 10.9. The van der Waals surface area contributed by atoms with E-state index in [1.807, 2.05) is 0 Å². The monoisotopic (exact) mass is 180 g/mol. The smallest absolute Gasteiger partial charge is 0.159 e.